The molecular formula is C24H20F2N5O5+. The Morgan fingerprint density at radius 1 is 0.917 bits per heavy atom. The molecule has 0 aliphatic heterocycles. The summed E-state index contributed by atoms with van der Waals surface area (Å²) in [7, 11) is 0. The fourth-order valence-electron chi connectivity index (χ4n) is 3.56. The first-order valence-corrected chi connectivity index (χ1v) is 10.7. The third-order valence-corrected chi connectivity index (χ3v) is 5.40. The van der Waals surface area contributed by atoms with Crippen LogP contribution in [0.5, 0.6) is 0 Å². The van der Waals surface area contributed by atoms with Gasteiger partial charge in [-0.2, -0.15) is 0 Å². The van der Waals surface area contributed by atoms with Gasteiger partial charge < -0.3 is 4.74 Å². The van der Waals surface area contributed by atoms with Crippen LogP contribution in [0.2, 0.25) is 0 Å². The molecule has 12 heteroatoms. The van der Waals surface area contributed by atoms with Crippen LogP contribution in [0.1, 0.15) is 22.8 Å². The van der Waals surface area contributed by atoms with Crippen molar-refractivity contribution >= 4 is 11.4 Å². The quantitative estimate of drug-likeness (QED) is 0.184. The highest BCUT2D eigenvalue weighted by atomic mass is 19.1. The topological polar surface area (TPSA) is 117 Å². The van der Waals surface area contributed by atoms with Gasteiger partial charge in [0, 0.05) is 41.0 Å². The molecule has 1 aromatic heterocycles. The van der Waals surface area contributed by atoms with Gasteiger partial charge in [-0.25, -0.2) is 13.3 Å². The van der Waals surface area contributed by atoms with Gasteiger partial charge >= 0.3 is 0 Å². The number of hydrogen-bond donors (Lipinski definition) is 0. The summed E-state index contributed by atoms with van der Waals surface area (Å²) in [6.07, 6.45) is 2.38. The Bertz CT molecular complexity index is 1380. The van der Waals surface area contributed by atoms with Crippen molar-refractivity contribution in [1.82, 2.24) is 9.78 Å². The maximum atomic E-state index is 14.6. The molecule has 10 nitrogen and oxygen atoms in total. The summed E-state index contributed by atoms with van der Waals surface area (Å²) in [5.74, 6) is -1.49. The van der Waals surface area contributed by atoms with E-state index in [-0.39, 0.29) is 30.1 Å². The van der Waals surface area contributed by atoms with E-state index in [0.29, 0.717) is 12.1 Å². The normalized spacial score (nSPS) is 11.8. The van der Waals surface area contributed by atoms with Crippen molar-refractivity contribution in [2.75, 3.05) is 0 Å². The minimum Gasteiger partial charge on any atom is -0.365 e. The van der Waals surface area contributed by atoms with Gasteiger partial charge in [-0.15, -0.1) is 4.68 Å². The van der Waals surface area contributed by atoms with E-state index in [1.54, 1.807) is 41.5 Å². The van der Waals surface area contributed by atoms with Crippen molar-refractivity contribution in [2.45, 2.75) is 25.8 Å². The van der Waals surface area contributed by atoms with Crippen LogP contribution in [0.25, 0.3) is 0 Å². The highest BCUT2D eigenvalue weighted by Crippen LogP contribution is 2.25. The van der Waals surface area contributed by atoms with Crippen LogP contribution in [0.4, 0.5) is 20.2 Å². The van der Waals surface area contributed by atoms with E-state index in [9.17, 15) is 29.0 Å². The zero-order chi connectivity index (χ0) is 25.7. The molecular weight excluding hydrogens is 476 g/mol. The first-order chi connectivity index (χ1) is 17.3. The number of benzene rings is 3. The van der Waals surface area contributed by atoms with Crippen molar-refractivity contribution in [3.8, 4) is 0 Å². The van der Waals surface area contributed by atoms with E-state index in [0.717, 1.165) is 17.7 Å². The van der Waals surface area contributed by atoms with Crippen LogP contribution in [0.15, 0.2) is 79.4 Å². The monoisotopic (exact) mass is 496 g/mol. The lowest BCUT2D eigenvalue weighted by atomic mass is 10.1. The van der Waals surface area contributed by atoms with E-state index in [2.05, 4.69) is 5.10 Å². The van der Waals surface area contributed by atoms with Crippen molar-refractivity contribution < 1.29 is 27.9 Å². The summed E-state index contributed by atoms with van der Waals surface area (Å²) in [6.45, 7) is 0.531. The van der Waals surface area contributed by atoms with Crippen molar-refractivity contribution in [3.63, 3.8) is 0 Å². The van der Waals surface area contributed by atoms with E-state index < -0.39 is 27.6 Å². The zero-order valence-electron chi connectivity index (χ0n) is 18.7. The molecule has 3 aromatic carbocycles. The molecule has 0 spiro atoms. The lowest BCUT2D eigenvalue weighted by Crippen LogP contribution is -2.31. The SMILES string of the molecule is O=[N+]([O-])c1ccc(COC(Cn2c[n+](Cc3ccc([N+](=O)[O-])cc3)cn2)c2ccc(F)cc2F)cc1. The average Bonchev–Trinajstić information content (AvgIpc) is 3.29. The van der Waals surface area contributed by atoms with Gasteiger partial charge in [0.2, 0.25) is 6.33 Å². The van der Waals surface area contributed by atoms with E-state index in [4.69, 9.17) is 4.74 Å². The molecule has 0 radical (unpaired) electrons. The summed E-state index contributed by atoms with van der Waals surface area (Å²) in [6, 6.07) is 15.1. The molecule has 0 amide bonds. The van der Waals surface area contributed by atoms with Gasteiger partial charge in [0.15, 0.2) is 0 Å². The first kappa shape index (κ1) is 24.5. The minimum absolute atomic E-state index is 0.00576. The zero-order valence-corrected chi connectivity index (χ0v) is 18.7. The number of rotatable bonds is 10. The molecule has 1 unspecified atom stereocenters. The molecule has 0 saturated carbocycles. The molecule has 0 fully saturated rings. The summed E-state index contributed by atoms with van der Waals surface area (Å²) >= 11 is 0. The van der Waals surface area contributed by atoms with E-state index in [1.807, 2.05) is 0 Å². The Morgan fingerprint density at radius 3 is 2.11 bits per heavy atom. The number of nitro benzene ring substituents is 2. The highest BCUT2D eigenvalue weighted by Gasteiger charge is 2.22. The number of aromatic nitrogens is 3. The summed E-state index contributed by atoms with van der Waals surface area (Å²) in [5.41, 5.74) is 1.53. The lowest BCUT2D eigenvalue weighted by Gasteiger charge is -2.17. The number of halogens is 2. The van der Waals surface area contributed by atoms with Crippen LogP contribution < -0.4 is 4.57 Å². The van der Waals surface area contributed by atoms with Gasteiger partial charge in [-0.05, 0) is 41.5 Å². The van der Waals surface area contributed by atoms with Gasteiger partial charge in [0.05, 0.1) is 23.0 Å². The van der Waals surface area contributed by atoms with Gasteiger partial charge in [0.1, 0.15) is 24.3 Å². The molecule has 4 aromatic rings. The summed E-state index contributed by atoms with van der Waals surface area (Å²) < 4.78 is 37.3. The van der Waals surface area contributed by atoms with E-state index >= 15 is 0 Å². The minimum atomic E-state index is -0.839. The Kier molecular flexibility index (Phi) is 7.35. The molecule has 36 heavy (non-hydrogen) atoms. The molecule has 1 atom stereocenters. The second-order valence-electron chi connectivity index (χ2n) is 7.95. The standard InChI is InChI=1S/C24H20F2N5O5/c25-19-5-10-22(23(26)11-19)24(36-14-18-3-8-21(9-4-18)31(34)35)13-29-16-28(15-27-29)12-17-1-6-20(7-2-17)30(32)33/h1-11,15-16,24H,12-14H2/q+1. The third-order valence-electron chi connectivity index (χ3n) is 5.40. The van der Waals surface area contributed by atoms with Crippen molar-refractivity contribution in [3.05, 3.63) is 128 Å². The average molecular weight is 496 g/mol. The maximum absolute atomic E-state index is 14.6. The molecule has 184 valence electrons. The Morgan fingerprint density at radius 2 is 1.53 bits per heavy atom. The van der Waals surface area contributed by atoms with Crippen molar-refractivity contribution in [1.29, 1.82) is 0 Å². The predicted octanol–water partition coefficient (Wildman–Crippen LogP) is 4.27. The Balaban J connectivity index is 1.49. The number of hydrogen-bond acceptors (Lipinski definition) is 6. The largest absolute Gasteiger partial charge is 0.365 e. The number of nitro groups is 2. The molecule has 1 heterocycles. The predicted molar refractivity (Wildman–Crippen MR) is 122 cm³/mol. The lowest BCUT2D eigenvalue weighted by molar-refractivity contribution is -0.689. The fourth-order valence-corrected chi connectivity index (χ4v) is 3.56. The first-order valence-electron chi connectivity index (χ1n) is 10.7. The van der Waals surface area contributed by atoms with Gasteiger partial charge in [-0.1, -0.05) is 6.07 Å². The molecule has 0 N–H and O–H groups in total. The molecule has 0 aliphatic carbocycles. The van der Waals surface area contributed by atoms with Crippen LogP contribution in [0, 0.1) is 31.9 Å². The van der Waals surface area contributed by atoms with Gasteiger partial charge in [0.25, 0.3) is 17.7 Å². The van der Waals surface area contributed by atoms with Crippen LogP contribution in [-0.4, -0.2) is 19.6 Å². The second-order valence-corrected chi connectivity index (χ2v) is 7.95. The molecule has 0 saturated heterocycles. The van der Waals surface area contributed by atoms with Gasteiger partial charge in [-0.3, -0.25) is 20.2 Å². The second kappa shape index (κ2) is 10.8. The van der Waals surface area contributed by atoms with Crippen molar-refractivity contribution in [2.24, 2.45) is 0 Å². The maximum Gasteiger partial charge on any atom is 0.269 e. The third kappa shape index (κ3) is 6.10. The number of non-ortho nitro benzene ring substituents is 2. The van der Waals surface area contributed by atoms with Crippen LogP contribution >= 0.6 is 0 Å². The fraction of sp³-hybridized carbons (Fsp3) is 0.167. The Hall–Kier alpha value is -4.58. The smallest absolute Gasteiger partial charge is 0.269 e. The summed E-state index contributed by atoms with van der Waals surface area (Å²) in [5, 5.41) is 26.0. The number of ether oxygens (including phenoxy) is 1. The number of nitrogens with zero attached hydrogens (tertiary/aromatic N) is 5. The Labute approximate surface area is 203 Å². The highest BCUT2D eigenvalue weighted by molar-refractivity contribution is 5.33. The van der Waals surface area contributed by atoms with Crippen LogP contribution in [0.3, 0.4) is 0 Å². The molecule has 0 aliphatic rings. The summed E-state index contributed by atoms with van der Waals surface area (Å²) in [4.78, 5) is 20.7. The van der Waals surface area contributed by atoms with Crippen LogP contribution in [-0.2, 0) is 24.4 Å². The van der Waals surface area contributed by atoms with E-state index in [1.165, 1.54) is 35.0 Å². The molecule has 4 rings (SSSR count). The molecule has 0 bridgehead atoms.